The predicted molar refractivity (Wildman–Crippen MR) is 84.2 cm³/mol. The van der Waals surface area contributed by atoms with Crippen LogP contribution in [0.15, 0.2) is 28.6 Å². The van der Waals surface area contributed by atoms with Gasteiger partial charge in [0.25, 0.3) is 0 Å². The first-order valence-corrected chi connectivity index (χ1v) is 8.29. The van der Waals surface area contributed by atoms with Crippen LogP contribution in [0.3, 0.4) is 0 Å². The van der Waals surface area contributed by atoms with Gasteiger partial charge < -0.3 is 10.4 Å². The van der Waals surface area contributed by atoms with E-state index in [0.717, 1.165) is 14.6 Å². The van der Waals surface area contributed by atoms with E-state index < -0.39 is 0 Å². The van der Waals surface area contributed by atoms with Crippen molar-refractivity contribution in [1.82, 2.24) is 10.3 Å². The molecule has 0 fully saturated rings. The van der Waals surface area contributed by atoms with Gasteiger partial charge in [-0.05, 0) is 18.1 Å². The average molecular weight is 310 g/mol. The highest BCUT2D eigenvalue weighted by Crippen LogP contribution is 2.29. The van der Waals surface area contributed by atoms with Crippen LogP contribution in [-0.4, -0.2) is 34.4 Å². The van der Waals surface area contributed by atoms with Crippen LogP contribution in [0.5, 0.6) is 0 Å². The lowest BCUT2D eigenvalue weighted by atomic mass is 10.1. The van der Waals surface area contributed by atoms with Crippen molar-refractivity contribution in [2.45, 2.75) is 24.2 Å². The van der Waals surface area contributed by atoms with E-state index in [2.05, 4.69) is 10.3 Å². The lowest BCUT2D eigenvalue weighted by Crippen LogP contribution is -2.41. The molecule has 0 saturated carbocycles. The number of carbonyl (C=O) groups excluding carboxylic acids is 1. The van der Waals surface area contributed by atoms with Gasteiger partial charge in [-0.25, -0.2) is 4.98 Å². The largest absolute Gasteiger partial charge is 0.394 e. The molecule has 1 heterocycles. The molecule has 0 unspecified atom stereocenters. The van der Waals surface area contributed by atoms with Crippen molar-refractivity contribution in [3.8, 4) is 0 Å². The number of aliphatic hydroxyl groups is 1. The summed E-state index contributed by atoms with van der Waals surface area (Å²) in [6.45, 7) is 3.92. The number of fused-ring (bicyclic) bond motifs is 1. The molecule has 1 amide bonds. The van der Waals surface area contributed by atoms with E-state index >= 15 is 0 Å². The molecule has 20 heavy (non-hydrogen) atoms. The summed E-state index contributed by atoms with van der Waals surface area (Å²) in [6.07, 6.45) is 0. The Labute approximate surface area is 126 Å². The van der Waals surface area contributed by atoms with Gasteiger partial charge in [0, 0.05) is 0 Å². The number of thiazole rings is 1. The molecule has 0 spiro atoms. The smallest absolute Gasteiger partial charge is 0.230 e. The maximum Gasteiger partial charge on any atom is 0.230 e. The first kappa shape index (κ1) is 15.3. The number of benzene rings is 1. The zero-order valence-electron chi connectivity index (χ0n) is 11.5. The van der Waals surface area contributed by atoms with E-state index in [1.54, 1.807) is 11.3 Å². The predicted octanol–water partition coefficient (Wildman–Crippen LogP) is 2.52. The highest BCUT2D eigenvalue weighted by Gasteiger charge is 2.15. The Morgan fingerprint density at radius 3 is 2.85 bits per heavy atom. The van der Waals surface area contributed by atoms with Crippen LogP contribution < -0.4 is 5.32 Å². The van der Waals surface area contributed by atoms with Crippen LogP contribution in [0.2, 0.25) is 0 Å². The molecule has 4 nitrogen and oxygen atoms in total. The maximum absolute atomic E-state index is 11.8. The second kappa shape index (κ2) is 7.06. The summed E-state index contributed by atoms with van der Waals surface area (Å²) < 4.78 is 2.03. The van der Waals surface area contributed by atoms with Gasteiger partial charge in [-0.2, -0.15) is 0 Å². The van der Waals surface area contributed by atoms with Crippen LogP contribution in [0.25, 0.3) is 10.2 Å². The number of carbonyl (C=O) groups is 1. The highest BCUT2D eigenvalue weighted by atomic mass is 32.2. The lowest BCUT2D eigenvalue weighted by molar-refractivity contribution is -0.119. The summed E-state index contributed by atoms with van der Waals surface area (Å²) >= 11 is 3.02. The standard InChI is InChI=1S/C14H18N2O2S2/c1-9(2)11(7-17)15-13(18)8-19-14-16-10-5-3-4-6-12(10)20-14/h3-6,9,11,17H,7-8H2,1-2H3,(H,15,18)/t11-/m1/s1. The number of hydrogen-bond donors (Lipinski definition) is 2. The number of amides is 1. The van der Waals surface area contributed by atoms with Gasteiger partial charge in [-0.3, -0.25) is 4.79 Å². The van der Waals surface area contributed by atoms with E-state index in [1.165, 1.54) is 11.8 Å². The summed E-state index contributed by atoms with van der Waals surface area (Å²) in [4.78, 5) is 16.3. The van der Waals surface area contributed by atoms with E-state index in [4.69, 9.17) is 0 Å². The zero-order valence-corrected chi connectivity index (χ0v) is 13.1. The molecule has 0 aliphatic rings. The minimum atomic E-state index is -0.182. The molecular formula is C14H18N2O2S2. The number of para-hydroxylation sites is 1. The van der Waals surface area contributed by atoms with Crippen LogP contribution in [0.1, 0.15) is 13.8 Å². The molecule has 0 radical (unpaired) electrons. The second-order valence-electron chi connectivity index (χ2n) is 4.84. The van der Waals surface area contributed by atoms with Gasteiger partial charge in [-0.15, -0.1) is 11.3 Å². The molecule has 0 aliphatic carbocycles. The lowest BCUT2D eigenvalue weighted by Gasteiger charge is -2.19. The van der Waals surface area contributed by atoms with Crippen molar-refractivity contribution >= 4 is 39.2 Å². The number of nitrogens with zero attached hydrogens (tertiary/aromatic N) is 1. The average Bonchev–Trinajstić information content (AvgIpc) is 2.85. The Kier molecular flexibility index (Phi) is 5.39. The summed E-state index contributed by atoms with van der Waals surface area (Å²) in [5.74, 6) is 0.474. The van der Waals surface area contributed by atoms with Crippen molar-refractivity contribution in [3.05, 3.63) is 24.3 Å². The molecule has 2 aromatic rings. The molecule has 0 bridgehead atoms. The topological polar surface area (TPSA) is 62.2 Å². The summed E-state index contributed by atoms with van der Waals surface area (Å²) in [7, 11) is 0. The van der Waals surface area contributed by atoms with Gasteiger partial charge in [-0.1, -0.05) is 37.7 Å². The molecule has 1 aromatic heterocycles. The summed E-state index contributed by atoms with van der Waals surface area (Å²) in [5, 5.41) is 12.0. The molecule has 6 heteroatoms. The fraction of sp³-hybridized carbons (Fsp3) is 0.429. The molecule has 2 N–H and O–H groups in total. The van der Waals surface area contributed by atoms with Gasteiger partial charge >= 0.3 is 0 Å². The van der Waals surface area contributed by atoms with E-state index in [9.17, 15) is 9.90 Å². The van der Waals surface area contributed by atoms with Crippen molar-refractivity contribution in [2.24, 2.45) is 5.92 Å². The van der Waals surface area contributed by atoms with Crippen molar-refractivity contribution in [1.29, 1.82) is 0 Å². The molecule has 1 aromatic carbocycles. The fourth-order valence-electron chi connectivity index (χ4n) is 1.71. The number of thioether (sulfide) groups is 1. The first-order chi connectivity index (χ1) is 9.60. The SMILES string of the molecule is CC(C)[C@@H](CO)NC(=O)CSc1nc2ccccc2s1. The third-order valence-corrected chi connectivity index (χ3v) is 5.13. The zero-order chi connectivity index (χ0) is 14.5. The van der Waals surface area contributed by atoms with Crippen LogP contribution in [-0.2, 0) is 4.79 Å². The first-order valence-electron chi connectivity index (χ1n) is 6.48. The Balaban J connectivity index is 1.89. The van der Waals surface area contributed by atoms with Crippen molar-refractivity contribution in [2.75, 3.05) is 12.4 Å². The van der Waals surface area contributed by atoms with Crippen LogP contribution in [0, 0.1) is 5.92 Å². The van der Waals surface area contributed by atoms with Gasteiger partial charge in [0.15, 0.2) is 4.34 Å². The Morgan fingerprint density at radius 2 is 2.20 bits per heavy atom. The Hall–Kier alpha value is -1.11. The minimum absolute atomic E-state index is 0.0325. The number of aromatic nitrogens is 1. The summed E-state index contributed by atoms with van der Waals surface area (Å²) in [5.41, 5.74) is 0.968. The third-order valence-electron chi connectivity index (χ3n) is 2.95. The quantitative estimate of drug-likeness (QED) is 0.805. The molecular weight excluding hydrogens is 292 g/mol. The normalized spacial score (nSPS) is 12.8. The Bertz CT molecular complexity index is 550. The minimum Gasteiger partial charge on any atom is -0.394 e. The monoisotopic (exact) mass is 310 g/mol. The van der Waals surface area contributed by atoms with Crippen LogP contribution >= 0.6 is 23.1 Å². The molecule has 2 rings (SSSR count). The molecule has 108 valence electrons. The molecule has 0 aliphatic heterocycles. The molecule has 1 atom stereocenters. The number of hydrogen-bond acceptors (Lipinski definition) is 5. The van der Waals surface area contributed by atoms with Gasteiger partial charge in [0.2, 0.25) is 5.91 Å². The van der Waals surface area contributed by atoms with E-state index in [1.807, 2.05) is 38.1 Å². The maximum atomic E-state index is 11.8. The fourth-order valence-corrected chi connectivity index (χ4v) is 3.59. The van der Waals surface area contributed by atoms with Gasteiger partial charge in [0.1, 0.15) is 0 Å². The van der Waals surface area contributed by atoms with E-state index in [-0.39, 0.29) is 24.5 Å². The molecule has 0 saturated heterocycles. The van der Waals surface area contributed by atoms with Gasteiger partial charge in [0.05, 0.1) is 28.6 Å². The number of aliphatic hydroxyl groups excluding tert-OH is 1. The van der Waals surface area contributed by atoms with Crippen molar-refractivity contribution < 1.29 is 9.90 Å². The van der Waals surface area contributed by atoms with E-state index in [0.29, 0.717) is 5.75 Å². The highest BCUT2D eigenvalue weighted by molar-refractivity contribution is 8.01. The Morgan fingerprint density at radius 1 is 1.45 bits per heavy atom. The second-order valence-corrected chi connectivity index (χ2v) is 7.09. The summed E-state index contributed by atoms with van der Waals surface area (Å²) in [6, 6.07) is 7.75. The van der Waals surface area contributed by atoms with Crippen molar-refractivity contribution in [3.63, 3.8) is 0 Å². The third kappa shape index (κ3) is 3.94. The van der Waals surface area contributed by atoms with Crippen LogP contribution in [0.4, 0.5) is 0 Å². The number of rotatable bonds is 6. The number of nitrogens with one attached hydrogen (secondary N) is 1.